The number of hydrogen-bond acceptors (Lipinski definition) is 8. The number of carbonyl (C=O) groups excluding carboxylic acids is 2. The maximum atomic E-state index is 14.1. The number of benzene rings is 1. The third kappa shape index (κ3) is 6.88. The molecule has 324 valence electrons. The first-order valence-corrected chi connectivity index (χ1v) is 24.6. The zero-order valence-corrected chi connectivity index (χ0v) is 38.7. The average Bonchev–Trinajstić information content (AvgIpc) is 4.00. The molecule has 0 unspecified atom stereocenters. The lowest BCUT2D eigenvalue weighted by atomic mass is 9.31. The van der Waals surface area contributed by atoms with Crippen molar-refractivity contribution < 1.29 is 14.3 Å². The second kappa shape index (κ2) is 14.8. The molecule has 4 aliphatic heterocycles. The number of alkyl halides is 1. The van der Waals surface area contributed by atoms with E-state index in [0.717, 1.165) is 94.0 Å². The van der Waals surface area contributed by atoms with E-state index in [1.54, 1.807) is 32.1 Å². The number of amides is 2. The first-order chi connectivity index (χ1) is 29.4. The van der Waals surface area contributed by atoms with Gasteiger partial charge in [0, 0.05) is 71.1 Å². The van der Waals surface area contributed by atoms with Crippen molar-refractivity contribution in [1.29, 1.82) is 0 Å². The molecule has 7 aliphatic carbocycles. The van der Waals surface area contributed by atoms with Gasteiger partial charge >= 0.3 is 0 Å². The molecule has 12 heteroatoms. The Balaban J connectivity index is 0.000000298. The summed E-state index contributed by atoms with van der Waals surface area (Å²) in [5.41, 5.74) is 6.14. The minimum atomic E-state index is -0.415. The summed E-state index contributed by atoms with van der Waals surface area (Å²) in [6.45, 7) is 8.85. The number of carbonyl (C=O) groups is 2. The normalized spacial score (nSPS) is 34.0. The minimum absolute atomic E-state index is 0.0646. The summed E-state index contributed by atoms with van der Waals surface area (Å²) in [6.07, 6.45) is 23.6. The number of aromatic nitrogens is 4. The fourth-order valence-electron chi connectivity index (χ4n) is 14.0. The van der Waals surface area contributed by atoms with Crippen molar-refractivity contribution in [2.45, 2.75) is 132 Å². The second-order valence-corrected chi connectivity index (χ2v) is 23.7. The Bertz CT molecular complexity index is 2200. The highest BCUT2D eigenvalue weighted by Crippen LogP contribution is 2.77. The fraction of sp³-hybridized carbons (Fsp3) is 0.673. The Morgan fingerprint density at radius 3 is 2.26 bits per heavy atom. The van der Waals surface area contributed by atoms with Crippen LogP contribution in [-0.4, -0.2) is 95.9 Å². The Hall–Kier alpha value is -3.39. The van der Waals surface area contributed by atoms with Gasteiger partial charge in [-0.15, -0.1) is 0 Å². The standard InChI is InChI=1S/C38H46N8O3.C11H17I/c1-25(2)49-31-7-5-27(18-39-31)33-30-16-29(6-4-26(30)17-40-33)46-15-11-36(35(46)48)10-14-44(23-36)19-32(47)45-12-8-28(9-13-45)37-20-38(21-37,22-37)34-41-24-43(3)42-34;12-11-6-10(7-11,8-11)9-4-2-1-3-5-9/h4-7,16,18,24-25,28H,8-15,17,19-23H2,1-3H3;9H,1-8H2/t36-,37?,38?;/m0./s1. The average molecular weight is 939 g/mol. The summed E-state index contributed by atoms with van der Waals surface area (Å²) < 4.78 is 8.34. The third-order valence-electron chi connectivity index (χ3n) is 17.1. The highest BCUT2D eigenvalue weighted by Gasteiger charge is 2.72. The molecular formula is C49H63IN8O3. The van der Waals surface area contributed by atoms with Crippen molar-refractivity contribution in [2.75, 3.05) is 44.2 Å². The summed E-state index contributed by atoms with van der Waals surface area (Å²) in [5.74, 6) is 3.87. The van der Waals surface area contributed by atoms with E-state index in [2.05, 4.69) is 65.7 Å². The van der Waals surface area contributed by atoms with Gasteiger partial charge in [0.15, 0.2) is 5.82 Å². The number of hydrogen-bond donors (Lipinski definition) is 0. The Morgan fingerprint density at radius 1 is 0.869 bits per heavy atom. The number of nitrogens with zero attached hydrogens (tertiary/aromatic N) is 8. The molecule has 1 spiro atoms. The molecule has 1 aromatic carbocycles. The summed E-state index contributed by atoms with van der Waals surface area (Å²) in [6, 6.07) is 10.2. The smallest absolute Gasteiger partial charge is 0.236 e. The van der Waals surface area contributed by atoms with E-state index in [1.165, 1.54) is 38.5 Å². The molecule has 6 heterocycles. The van der Waals surface area contributed by atoms with Gasteiger partial charge in [-0.1, -0.05) is 47.9 Å². The number of halogens is 1. The number of ether oxygens (including phenoxy) is 1. The SMILES string of the molecule is CC(C)Oc1ccc(C2=NCc3ccc(N4CC[C@]5(CCN(CC(=O)N6CCC(C78CC(c9ncn(C)n9)(C7)C8)CC6)C5)C4=O)cc32)cn1.IC12CC(C3CCCCC3)(C1)C2. The third-order valence-corrected chi connectivity index (χ3v) is 18.2. The molecule has 4 bridgehead atoms. The molecule has 14 rings (SSSR count). The van der Waals surface area contributed by atoms with Gasteiger partial charge in [-0.2, -0.15) is 5.10 Å². The van der Waals surface area contributed by atoms with E-state index in [-0.39, 0.29) is 23.3 Å². The van der Waals surface area contributed by atoms with Crippen molar-refractivity contribution in [1.82, 2.24) is 29.5 Å². The van der Waals surface area contributed by atoms with Crippen molar-refractivity contribution in [3.63, 3.8) is 0 Å². The second-order valence-electron chi connectivity index (χ2n) is 21.5. The maximum Gasteiger partial charge on any atom is 0.236 e. The summed E-state index contributed by atoms with van der Waals surface area (Å²) in [4.78, 5) is 47.7. The van der Waals surface area contributed by atoms with Gasteiger partial charge in [0.2, 0.25) is 17.7 Å². The number of aliphatic imine (C=N–C) groups is 1. The van der Waals surface area contributed by atoms with Gasteiger partial charge in [-0.25, -0.2) is 9.97 Å². The van der Waals surface area contributed by atoms with Crippen LogP contribution in [0.1, 0.15) is 133 Å². The van der Waals surface area contributed by atoms with Gasteiger partial charge in [0.1, 0.15) is 6.33 Å². The molecule has 1 atom stereocenters. The molecule has 3 aromatic rings. The van der Waals surface area contributed by atoms with Crippen LogP contribution in [0.3, 0.4) is 0 Å². The van der Waals surface area contributed by atoms with E-state index in [4.69, 9.17) is 9.73 Å². The fourth-order valence-corrected chi connectivity index (χ4v) is 16.3. The number of fused-ring (bicyclic) bond motifs is 1. The summed E-state index contributed by atoms with van der Waals surface area (Å²) in [5, 5.41) is 4.60. The van der Waals surface area contributed by atoms with Crippen LogP contribution >= 0.6 is 22.6 Å². The molecule has 61 heavy (non-hydrogen) atoms. The molecule has 2 amide bonds. The Labute approximate surface area is 375 Å². The molecule has 3 saturated heterocycles. The molecule has 0 radical (unpaired) electrons. The van der Waals surface area contributed by atoms with Crippen LogP contribution in [0.5, 0.6) is 5.88 Å². The lowest BCUT2D eigenvalue weighted by Gasteiger charge is -2.73. The van der Waals surface area contributed by atoms with Gasteiger partial charge in [-0.05, 0) is 144 Å². The van der Waals surface area contributed by atoms with E-state index >= 15 is 0 Å². The number of piperidine rings is 1. The van der Waals surface area contributed by atoms with Crippen LogP contribution in [0.2, 0.25) is 0 Å². The predicted octanol–water partition coefficient (Wildman–Crippen LogP) is 8.06. The van der Waals surface area contributed by atoms with Crippen molar-refractivity contribution in [3.05, 3.63) is 65.4 Å². The van der Waals surface area contributed by atoms with E-state index < -0.39 is 5.41 Å². The predicted molar refractivity (Wildman–Crippen MR) is 244 cm³/mol. The zero-order valence-electron chi connectivity index (χ0n) is 36.5. The highest BCUT2D eigenvalue weighted by molar-refractivity contribution is 14.1. The monoisotopic (exact) mass is 938 g/mol. The van der Waals surface area contributed by atoms with E-state index in [9.17, 15) is 9.59 Å². The van der Waals surface area contributed by atoms with Crippen LogP contribution in [0, 0.1) is 28.1 Å². The van der Waals surface area contributed by atoms with Crippen molar-refractivity contribution >= 4 is 45.8 Å². The van der Waals surface area contributed by atoms with Gasteiger partial charge < -0.3 is 14.5 Å². The van der Waals surface area contributed by atoms with Gasteiger partial charge in [0.25, 0.3) is 0 Å². The maximum absolute atomic E-state index is 14.1. The summed E-state index contributed by atoms with van der Waals surface area (Å²) >= 11 is 2.70. The number of likely N-dealkylation sites (tertiary alicyclic amines) is 2. The Kier molecular flexibility index (Phi) is 9.83. The topological polar surface area (TPSA) is 109 Å². The molecule has 0 N–H and O–H groups in total. The van der Waals surface area contributed by atoms with E-state index in [0.29, 0.717) is 43.4 Å². The molecule has 7 saturated carbocycles. The zero-order chi connectivity index (χ0) is 41.8. The molecule has 2 aromatic heterocycles. The van der Waals surface area contributed by atoms with Crippen LogP contribution in [-0.2, 0) is 28.6 Å². The molecule has 10 fully saturated rings. The van der Waals surface area contributed by atoms with Crippen LogP contribution in [0.25, 0.3) is 0 Å². The largest absolute Gasteiger partial charge is 0.475 e. The quantitative estimate of drug-likeness (QED) is 0.158. The van der Waals surface area contributed by atoms with Crippen molar-refractivity contribution in [3.8, 4) is 5.88 Å². The van der Waals surface area contributed by atoms with Crippen LogP contribution in [0.4, 0.5) is 5.69 Å². The molecule has 11 nitrogen and oxygen atoms in total. The first-order valence-electron chi connectivity index (χ1n) is 23.6. The number of pyridine rings is 1. The first kappa shape index (κ1) is 40.4. The lowest BCUT2D eigenvalue weighted by molar-refractivity contribution is -0.195. The van der Waals surface area contributed by atoms with E-state index in [1.807, 2.05) is 55.1 Å². The molecule has 11 aliphatic rings. The number of aryl methyl sites for hydroxylation is 1. The minimum Gasteiger partial charge on any atom is -0.475 e. The summed E-state index contributed by atoms with van der Waals surface area (Å²) in [7, 11) is 1.94. The van der Waals surface area contributed by atoms with Gasteiger partial charge in [-0.3, -0.25) is 24.2 Å². The highest BCUT2D eigenvalue weighted by atomic mass is 127. The number of rotatable bonds is 9. The van der Waals surface area contributed by atoms with Crippen molar-refractivity contribution in [2.24, 2.45) is 40.1 Å². The van der Waals surface area contributed by atoms with Gasteiger partial charge in [0.05, 0.1) is 30.3 Å². The lowest BCUT2D eigenvalue weighted by Crippen LogP contribution is -2.68. The van der Waals surface area contributed by atoms with Crippen LogP contribution in [0.15, 0.2) is 47.8 Å². The van der Waals surface area contributed by atoms with Crippen LogP contribution < -0.4 is 9.64 Å². The Morgan fingerprint density at radius 2 is 1.59 bits per heavy atom. The molecular weight excluding hydrogens is 875 g/mol. The number of anilines is 1.